The molecule has 5 nitrogen and oxygen atoms in total. The molecule has 0 bridgehead atoms. The zero-order valence-corrected chi connectivity index (χ0v) is 18.4. The van der Waals surface area contributed by atoms with E-state index in [1.807, 2.05) is 48.7 Å². The van der Waals surface area contributed by atoms with E-state index >= 15 is 0 Å². The Balaban J connectivity index is 1.75. The summed E-state index contributed by atoms with van der Waals surface area (Å²) >= 11 is 5.96. The molecule has 4 aromatic rings. The number of rotatable bonds is 7. The lowest BCUT2D eigenvalue weighted by atomic mass is 9.89. The molecule has 1 aromatic heterocycles. The minimum absolute atomic E-state index is 0.104. The van der Waals surface area contributed by atoms with Crippen LogP contribution in [-0.2, 0) is 0 Å². The van der Waals surface area contributed by atoms with Gasteiger partial charge in [-0.2, -0.15) is 0 Å². The van der Waals surface area contributed by atoms with Gasteiger partial charge in [0.2, 0.25) is 0 Å². The summed E-state index contributed by atoms with van der Waals surface area (Å²) in [6, 6.07) is 17.4. The van der Waals surface area contributed by atoms with Crippen molar-refractivity contribution in [3.8, 4) is 11.5 Å². The van der Waals surface area contributed by atoms with Crippen LogP contribution in [0.25, 0.3) is 10.9 Å². The fourth-order valence-corrected chi connectivity index (χ4v) is 4.09. The predicted molar refractivity (Wildman–Crippen MR) is 123 cm³/mol. The quantitative estimate of drug-likeness (QED) is 0.387. The van der Waals surface area contributed by atoms with E-state index in [-0.39, 0.29) is 18.0 Å². The highest BCUT2D eigenvalue weighted by atomic mass is 35.5. The predicted octanol–water partition coefficient (Wildman–Crippen LogP) is 5.54. The Morgan fingerprint density at radius 1 is 1.06 bits per heavy atom. The van der Waals surface area contributed by atoms with Crippen LogP contribution in [0, 0.1) is 5.82 Å². The highest BCUT2D eigenvalue weighted by molar-refractivity contribution is 6.31. The number of H-pyrrole nitrogens is 1. The van der Waals surface area contributed by atoms with Crippen molar-refractivity contribution in [1.82, 2.24) is 10.3 Å². The molecular weight excluding hydrogens is 431 g/mol. The van der Waals surface area contributed by atoms with Crippen molar-refractivity contribution in [2.75, 3.05) is 20.8 Å². The maximum atomic E-state index is 14.2. The third kappa shape index (κ3) is 4.14. The van der Waals surface area contributed by atoms with Crippen molar-refractivity contribution < 1.29 is 18.7 Å². The van der Waals surface area contributed by atoms with E-state index < -0.39 is 11.7 Å². The molecule has 0 aliphatic carbocycles. The summed E-state index contributed by atoms with van der Waals surface area (Å²) in [5, 5.41) is 4.17. The van der Waals surface area contributed by atoms with E-state index in [4.69, 9.17) is 21.1 Å². The van der Waals surface area contributed by atoms with Crippen molar-refractivity contribution in [3.63, 3.8) is 0 Å². The highest BCUT2D eigenvalue weighted by Crippen LogP contribution is 2.40. The van der Waals surface area contributed by atoms with Crippen molar-refractivity contribution in [3.05, 3.63) is 94.4 Å². The van der Waals surface area contributed by atoms with Gasteiger partial charge in [-0.3, -0.25) is 4.79 Å². The summed E-state index contributed by atoms with van der Waals surface area (Å²) in [7, 11) is 3.15. The molecule has 0 aliphatic heterocycles. The molecular formula is C25H22ClFN2O3. The fraction of sp³-hybridized carbons (Fsp3) is 0.160. The molecule has 7 heteroatoms. The van der Waals surface area contributed by atoms with Gasteiger partial charge < -0.3 is 19.8 Å². The van der Waals surface area contributed by atoms with Gasteiger partial charge in [-0.25, -0.2) is 4.39 Å². The molecule has 0 saturated carbocycles. The smallest absolute Gasteiger partial charge is 0.254 e. The van der Waals surface area contributed by atoms with Crippen LogP contribution >= 0.6 is 11.6 Å². The lowest BCUT2D eigenvalue weighted by Gasteiger charge is -2.22. The van der Waals surface area contributed by atoms with E-state index in [1.165, 1.54) is 18.2 Å². The largest absolute Gasteiger partial charge is 0.493 e. The first kappa shape index (κ1) is 21.7. The van der Waals surface area contributed by atoms with Crippen LogP contribution in [0.15, 0.2) is 66.9 Å². The van der Waals surface area contributed by atoms with E-state index in [0.29, 0.717) is 16.5 Å². The van der Waals surface area contributed by atoms with Crippen LogP contribution in [0.1, 0.15) is 27.4 Å². The topological polar surface area (TPSA) is 63.3 Å². The van der Waals surface area contributed by atoms with Gasteiger partial charge in [-0.15, -0.1) is 0 Å². The molecule has 1 unspecified atom stereocenters. The molecule has 1 heterocycles. The summed E-state index contributed by atoms with van der Waals surface area (Å²) in [4.78, 5) is 16.1. The number of hydrogen-bond acceptors (Lipinski definition) is 3. The molecule has 4 rings (SSSR count). The van der Waals surface area contributed by atoms with Crippen LogP contribution < -0.4 is 14.8 Å². The van der Waals surface area contributed by atoms with Gasteiger partial charge in [0, 0.05) is 40.1 Å². The molecule has 0 fully saturated rings. The van der Waals surface area contributed by atoms with Crippen LogP contribution in [0.4, 0.5) is 4.39 Å². The average molecular weight is 453 g/mol. The molecule has 164 valence electrons. The Kier molecular flexibility index (Phi) is 6.32. The normalized spacial score (nSPS) is 11.9. The summed E-state index contributed by atoms with van der Waals surface area (Å²) in [6.07, 6.45) is 1.92. The molecule has 0 aliphatic rings. The fourth-order valence-electron chi connectivity index (χ4n) is 3.92. The van der Waals surface area contributed by atoms with Crippen LogP contribution in [-0.4, -0.2) is 31.7 Å². The first-order chi connectivity index (χ1) is 15.5. The van der Waals surface area contributed by atoms with Gasteiger partial charge in [-0.05, 0) is 35.9 Å². The van der Waals surface area contributed by atoms with Gasteiger partial charge >= 0.3 is 0 Å². The summed E-state index contributed by atoms with van der Waals surface area (Å²) < 4.78 is 25.3. The maximum absolute atomic E-state index is 14.2. The second kappa shape index (κ2) is 9.32. The number of aromatic nitrogens is 1. The number of carbonyl (C=O) groups excluding carboxylic acids is 1. The number of nitrogens with one attached hydrogen (secondary N) is 2. The van der Waals surface area contributed by atoms with Gasteiger partial charge in [0.1, 0.15) is 5.82 Å². The van der Waals surface area contributed by atoms with Crippen molar-refractivity contribution >= 4 is 28.4 Å². The van der Waals surface area contributed by atoms with E-state index in [9.17, 15) is 9.18 Å². The second-order valence-electron chi connectivity index (χ2n) is 7.26. The highest BCUT2D eigenvalue weighted by Gasteiger charge is 2.25. The number of benzene rings is 3. The first-order valence-electron chi connectivity index (χ1n) is 10.0. The van der Waals surface area contributed by atoms with Crippen LogP contribution in [0.2, 0.25) is 5.02 Å². The van der Waals surface area contributed by atoms with E-state index in [2.05, 4.69) is 10.3 Å². The lowest BCUT2D eigenvalue weighted by molar-refractivity contribution is 0.0948. The molecule has 1 atom stereocenters. The Morgan fingerprint density at radius 2 is 1.88 bits per heavy atom. The number of aromatic amines is 1. The van der Waals surface area contributed by atoms with Crippen molar-refractivity contribution in [1.29, 1.82) is 0 Å². The Bertz CT molecular complexity index is 1270. The molecule has 2 N–H and O–H groups in total. The molecule has 0 radical (unpaired) electrons. The summed E-state index contributed by atoms with van der Waals surface area (Å²) in [5.74, 6) is -0.302. The number of carbonyl (C=O) groups is 1. The number of halogens is 2. The second-order valence-corrected chi connectivity index (χ2v) is 7.70. The number of fused-ring (bicyclic) bond motifs is 1. The molecule has 0 saturated heterocycles. The third-order valence-corrected chi connectivity index (χ3v) is 5.68. The number of ether oxygens (including phenoxy) is 2. The van der Waals surface area contributed by atoms with Crippen LogP contribution in [0.5, 0.6) is 11.5 Å². The number of amides is 1. The van der Waals surface area contributed by atoms with Crippen molar-refractivity contribution in [2.24, 2.45) is 0 Å². The zero-order chi connectivity index (χ0) is 22.7. The maximum Gasteiger partial charge on any atom is 0.254 e. The summed E-state index contributed by atoms with van der Waals surface area (Å²) in [6.45, 7) is 0.205. The molecule has 32 heavy (non-hydrogen) atoms. The monoisotopic (exact) mass is 452 g/mol. The Hall–Kier alpha value is -3.51. The van der Waals surface area contributed by atoms with Gasteiger partial charge in [0.15, 0.2) is 11.5 Å². The van der Waals surface area contributed by atoms with Gasteiger partial charge in [0.25, 0.3) is 5.91 Å². The average Bonchev–Trinajstić information content (AvgIpc) is 3.24. The van der Waals surface area contributed by atoms with E-state index in [0.717, 1.165) is 22.0 Å². The lowest BCUT2D eigenvalue weighted by Crippen LogP contribution is -2.29. The van der Waals surface area contributed by atoms with E-state index in [1.54, 1.807) is 14.2 Å². The zero-order valence-electron chi connectivity index (χ0n) is 17.6. The number of para-hydroxylation sites is 2. The molecule has 0 spiro atoms. The van der Waals surface area contributed by atoms with Gasteiger partial charge in [0.05, 0.1) is 19.8 Å². The molecule has 1 amide bonds. The number of methoxy groups -OCH3 is 2. The van der Waals surface area contributed by atoms with Crippen LogP contribution in [0.3, 0.4) is 0 Å². The molecule has 3 aromatic carbocycles. The Labute approximate surface area is 190 Å². The number of hydrogen-bond donors (Lipinski definition) is 2. The SMILES string of the molecule is COc1cccc(C(CNC(=O)c2cc(Cl)ccc2F)c2c[nH]c3ccccc23)c1OC. The first-order valence-corrected chi connectivity index (χ1v) is 10.4. The minimum atomic E-state index is -0.630. The van der Waals surface area contributed by atoms with Gasteiger partial charge in [-0.1, -0.05) is 41.9 Å². The van der Waals surface area contributed by atoms with Crippen molar-refractivity contribution in [2.45, 2.75) is 5.92 Å². The Morgan fingerprint density at radius 3 is 2.66 bits per heavy atom. The third-order valence-electron chi connectivity index (χ3n) is 5.45. The standard InChI is InChI=1S/C25H22ClFN2O3/c1-31-23-9-5-7-17(24(23)32-2)20(19-13-28-22-8-4-3-6-16(19)22)14-29-25(30)18-12-15(26)10-11-21(18)27/h3-13,20,28H,14H2,1-2H3,(H,29,30). The summed E-state index contributed by atoms with van der Waals surface area (Å²) in [5.41, 5.74) is 2.68. The minimum Gasteiger partial charge on any atom is -0.493 e.